The summed E-state index contributed by atoms with van der Waals surface area (Å²) in [5.41, 5.74) is -0.211. The lowest BCUT2D eigenvalue weighted by Gasteiger charge is -2.04. The van der Waals surface area contributed by atoms with Crippen molar-refractivity contribution in [3.63, 3.8) is 0 Å². The molecule has 0 aliphatic heterocycles. The second-order valence-electron chi connectivity index (χ2n) is 2.77. The van der Waals surface area contributed by atoms with E-state index in [1.807, 2.05) is 0 Å². The van der Waals surface area contributed by atoms with Gasteiger partial charge in [-0.3, -0.25) is 10.1 Å². The van der Waals surface area contributed by atoms with E-state index in [1.54, 1.807) is 6.92 Å². The Kier molecular flexibility index (Phi) is 4.26. The summed E-state index contributed by atoms with van der Waals surface area (Å²) in [7, 11) is 0. The topological polar surface area (TPSA) is 69.4 Å². The van der Waals surface area contributed by atoms with Crippen LogP contribution < -0.4 is 0 Å². The molecule has 1 aromatic carbocycles. The fourth-order valence-electron chi connectivity index (χ4n) is 1.04. The first-order valence-electron chi connectivity index (χ1n) is 4.28. The van der Waals surface area contributed by atoms with Crippen LogP contribution in [0.3, 0.4) is 0 Å². The number of carbonyl (C=O) groups excluding carboxylic acids is 1. The first kappa shape index (κ1) is 12.9. The van der Waals surface area contributed by atoms with Gasteiger partial charge in [-0.1, -0.05) is 11.6 Å². The minimum absolute atomic E-state index is 0.0572. The summed E-state index contributed by atoms with van der Waals surface area (Å²) in [6.45, 7) is 1.84. The van der Waals surface area contributed by atoms with Crippen molar-refractivity contribution in [2.45, 2.75) is 6.92 Å². The van der Waals surface area contributed by atoms with Gasteiger partial charge in [0.25, 0.3) is 5.69 Å². The van der Waals surface area contributed by atoms with Crippen molar-refractivity contribution >= 4 is 39.2 Å². The van der Waals surface area contributed by atoms with E-state index in [9.17, 15) is 14.9 Å². The molecule has 0 amide bonds. The molecule has 0 aromatic heterocycles. The monoisotopic (exact) mass is 307 g/mol. The van der Waals surface area contributed by atoms with Gasteiger partial charge in [-0.25, -0.2) is 4.79 Å². The molecular weight excluding hydrogens is 301 g/mol. The Balaban J connectivity index is 3.24. The van der Waals surface area contributed by atoms with Crippen LogP contribution in [0.5, 0.6) is 0 Å². The number of esters is 1. The molecule has 0 unspecified atom stereocenters. The van der Waals surface area contributed by atoms with Crippen molar-refractivity contribution in [3.05, 3.63) is 37.3 Å². The van der Waals surface area contributed by atoms with Gasteiger partial charge in [-0.2, -0.15) is 0 Å². The third-order valence-corrected chi connectivity index (χ3v) is 3.08. The maximum absolute atomic E-state index is 11.4. The highest BCUT2D eigenvalue weighted by Gasteiger charge is 2.20. The first-order valence-corrected chi connectivity index (χ1v) is 5.45. The molecule has 0 saturated heterocycles. The number of ether oxygens (including phenoxy) is 1. The normalized spacial score (nSPS) is 9.94. The standard InChI is InChI=1S/C9H7BrClNO4/c1-2-16-9(13)5-3-6(11)8(10)7(4-5)12(14)15/h3-4H,2H2,1H3. The zero-order valence-corrected chi connectivity index (χ0v) is 10.5. The van der Waals surface area contributed by atoms with Crippen LogP contribution in [0, 0.1) is 10.1 Å². The first-order chi connectivity index (χ1) is 7.47. The van der Waals surface area contributed by atoms with E-state index in [-0.39, 0.29) is 27.4 Å². The van der Waals surface area contributed by atoms with Crippen molar-refractivity contribution in [1.29, 1.82) is 0 Å². The molecule has 0 bridgehead atoms. The third-order valence-electron chi connectivity index (χ3n) is 1.72. The average molecular weight is 309 g/mol. The summed E-state index contributed by atoms with van der Waals surface area (Å²) in [5, 5.41) is 10.8. The van der Waals surface area contributed by atoms with Crippen LogP contribution in [0.15, 0.2) is 16.6 Å². The summed E-state index contributed by atoms with van der Waals surface area (Å²) in [4.78, 5) is 21.4. The van der Waals surface area contributed by atoms with Crippen LogP contribution >= 0.6 is 27.5 Å². The van der Waals surface area contributed by atoms with Crippen molar-refractivity contribution in [2.75, 3.05) is 6.61 Å². The molecule has 0 spiro atoms. The molecule has 86 valence electrons. The Bertz CT molecular complexity index is 449. The average Bonchev–Trinajstić information content (AvgIpc) is 2.21. The van der Waals surface area contributed by atoms with Crippen LogP contribution in [-0.4, -0.2) is 17.5 Å². The lowest BCUT2D eigenvalue weighted by molar-refractivity contribution is -0.385. The van der Waals surface area contributed by atoms with Gasteiger partial charge in [0.1, 0.15) is 4.47 Å². The Hall–Kier alpha value is -1.14. The maximum atomic E-state index is 11.4. The fraction of sp³-hybridized carbons (Fsp3) is 0.222. The lowest BCUT2D eigenvalue weighted by atomic mass is 10.2. The summed E-state index contributed by atoms with van der Waals surface area (Å²) >= 11 is 8.73. The van der Waals surface area contributed by atoms with Gasteiger partial charge in [0.05, 0.1) is 22.1 Å². The number of hydrogen-bond donors (Lipinski definition) is 0. The molecule has 0 aliphatic carbocycles. The number of carbonyl (C=O) groups is 1. The second-order valence-corrected chi connectivity index (χ2v) is 3.97. The minimum Gasteiger partial charge on any atom is -0.462 e. The number of rotatable bonds is 3. The smallest absolute Gasteiger partial charge is 0.338 e. The summed E-state index contributed by atoms with van der Waals surface area (Å²) in [5.74, 6) is -0.639. The Morgan fingerprint density at radius 1 is 1.62 bits per heavy atom. The molecule has 0 fully saturated rings. The van der Waals surface area contributed by atoms with Crippen molar-refractivity contribution in [2.24, 2.45) is 0 Å². The van der Waals surface area contributed by atoms with E-state index in [4.69, 9.17) is 16.3 Å². The maximum Gasteiger partial charge on any atom is 0.338 e. The molecule has 0 atom stereocenters. The molecule has 1 rings (SSSR count). The van der Waals surface area contributed by atoms with E-state index in [0.29, 0.717) is 0 Å². The van der Waals surface area contributed by atoms with E-state index < -0.39 is 10.9 Å². The molecule has 5 nitrogen and oxygen atoms in total. The zero-order valence-electron chi connectivity index (χ0n) is 8.20. The zero-order chi connectivity index (χ0) is 12.3. The van der Waals surface area contributed by atoms with E-state index >= 15 is 0 Å². The molecule has 0 saturated carbocycles. The lowest BCUT2D eigenvalue weighted by Crippen LogP contribution is -2.05. The Morgan fingerprint density at radius 2 is 2.25 bits per heavy atom. The number of nitro groups is 1. The van der Waals surface area contributed by atoms with E-state index in [0.717, 1.165) is 6.07 Å². The molecule has 16 heavy (non-hydrogen) atoms. The van der Waals surface area contributed by atoms with Gasteiger partial charge in [0, 0.05) is 6.07 Å². The molecule has 7 heteroatoms. The summed E-state index contributed by atoms with van der Waals surface area (Å²) < 4.78 is 4.87. The van der Waals surface area contributed by atoms with Gasteiger partial charge >= 0.3 is 5.97 Å². The van der Waals surface area contributed by atoms with Crippen LogP contribution in [0.1, 0.15) is 17.3 Å². The number of hydrogen-bond acceptors (Lipinski definition) is 4. The number of halogens is 2. The van der Waals surface area contributed by atoms with Crippen LogP contribution in [0.25, 0.3) is 0 Å². The highest BCUT2D eigenvalue weighted by Crippen LogP contribution is 2.33. The minimum atomic E-state index is -0.639. The van der Waals surface area contributed by atoms with Crippen molar-refractivity contribution in [3.8, 4) is 0 Å². The molecule has 0 N–H and O–H groups in total. The van der Waals surface area contributed by atoms with Gasteiger partial charge in [-0.15, -0.1) is 0 Å². The predicted molar refractivity (Wildman–Crippen MR) is 61.8 cm³/mol. The van der Waals surface area contributed by atoms with Crippen LogP contribution in [0.4, 0.5) is 5.69 Å². The van der Waals surface area contributed by atoms with Crippen LogP contribution in [0.2, 0.25) is 5.02 Å². The van der Waals surface area contributed by atoms with E-state index in [2.05, 4.69) is 15.9 Å². The molecule has 0 aliphatic rings. The van der Waals surface area contributed by atoms with Gasteiger partial charge < -0.3 is 4.74 Å². The van der Waals surface area contributed by atoms with E-state index in [1.165, 1.54) is 6.07 Å². The molecule has 0 heterocycles. The predicted octanol–water partition coefficient (Wildman–Crippen LogP) is 3.19. The Morgan fingerprint density at radius 3 is 2.75 bits per heavy atom. The van der Waals surface area contributed by atoms with Gasteiger partial charge in [0.15, 0.2) is 0 Å². The van der Waals surface area contributed by atoms with Gasteiger partial charge in [0.2, 0.25) is 0 Å². The number of nitrogens with zero attached hydrogens (tertiary/aromatic N) is 1. The molecule has 0 radical (unpaired) electrons. The highest BCUT2D eigenvalue weighted by atomic mass is 79.9. The number of nitro benzene ring substituents is 1. The molecular formula is C9H7BrClNO4. The fourth-order valence-corrected chi connectivity index (χ4v) is 1.63. The molecule has 1 aromatic rings. The number of benzene rings is 1. The SMILES string of the molecule is CCOC(=O)c1cc(Cl)c(Br)c([N+](=O)[O-])c1. The second kappa shape index (κ2) is 5.27. The van der Waals surface area contributed by atoms with Crippen molar-refractivity contribution < 1.29 is 14.5 Å². The highest BCUT2D eigenvalue weighted by molar-refractivity contribution is 9.10. The summed E-state index contributed by atoms with van der Waals surface area (Å²) in [6, 6.07) is 2.44. The van der Waals surface area contributed by atoms with Crippen LogP contribution in [-0.2, 0) is 4.74 Å². The largest absolute Gasteiger partial charge is 0.462 e. The van der Waals surface area contributed by atoms with Crippen molar-refractivity contribution in [1.82, 2.24) is 0 Å². The quantitative estimate of drug-likeness (QED) is 0.488. The summed E-state index contributed by atoms with van der Waals surface area (Å²) in [6.07, 6.45) is 0. The van der Waals surface area contributed by atoms with Gasteiger partial charge in [-0.05, 0) is 28.9 Å². The third kappa shape index (κ3) is 2.70. The Labute approximate surface area is 105 Å².